The third kappa shape index (κ3) is 2.20. The molecule has 1 aromatic heterocycles. The number of benzene rings is 1. The lowest BCUT2D eigenvalue weighted by molar-refractivity contribution is 0.754. The summed E-state index contributed by atoms with van der Waals surface area (Å²) in [5.41, 5.74) is 3.39. The van der Waals surface area contributed by atoms with Gasteiger partial charge in [0.25, 0.3) is 0 Å². The summed E-state index contributed by atoms with van der Waals surface area (Å²) >= 11 is 0. The Hall–Kier alpha value is -1.91. The SMILES string of the molecule is Cc1cc(NC2CCCC2)ccc1-n1cnnn1. The van der Waals surface area contributed by atoms with Gasteiger partial charge < -0.3 is 5.32 Å². The van der Waals surface area contributed by atoms with Gasteiger partial charge in [-0.25, -0.2) is 4.68 Å². The Labute approximate surface area is 106 Å². The molecule has 1 fully saturated rings. The Morgan fingerprint density at radius 2 is 2.11 bits per heavy atom. The summed E-state index contributed by atoms with van der Waals surface area (Å²) in [6.07, 6.45) is 6.88. The zero-order valence-electron chi connectivity index (χ0n) is 10.5. The molecule has 0 atom stereocenters. The number of aryl methyl sites for hydroxylation is 1. The second kappa shape index (κ2) is 4.76. The standard InChI is InChI=1S/C13H17N5/c1-10-8-12(15-11-4-2-3-5-11)6-7-13(10)18-9-14-16-17-18/h6-9,11,15H,2-5H2,1H3. The Bertz CT molecular complexity index is 514. The summed E-state index contributed by atoms with van der Waals surface area (Å²) < 4.78 is 1.69. The topological polar surface area (TPSA) is 55.6 Å². The molecule has 1 saturated carbocycles. The van der Waals surface area contributed by atoms with E-state index in [1.165, 1.54) is 36.9 Å². The minimum Gasteiger partial charge on any atom is -0.382 e. The lowest BCUT2D eigenvalue weighted by Gasteiger charge is -2.15. The van der Waals surface area contributed by atoms with Gasteiger partial charge in [-0.05, 0) is 54.0 Å². The molecule has 0 radical (unpaired) electrons. The molecule has 0 spiro atoms. The molecule has 1 N–H and O–H groups in total. The average molecular weight is 243 g/mol. The van der Waals surface area contributed by atoms with Crippen LogP contribution in [0.1, 0.15) is 31.2 Å². The van der Waals surface area contributed by atoms with Crippen molar-refractivity contribution in [1.29, 1.82) is 0 Å². The summed E-state index contributed by atoms with van der Waals surface area (Å²) in [7, 11) is 0. The van der Waals surface area contributed by atoms with Crippen molar-refractivity contribution in [3.05, 3.63) is 30.1 Å². The van der Waals surface area contributed by atoms with Crippen molar-refractivity contribution in [2.75, 3.05) is 5.32 Å². The van der Waals surface area contributed by atoms with E-state index >= 15 is 0 Å². The summed E-state index contributed by atoms with van der Waals surface area (Å²) in [6, 6.07) is 6.96. The molecule has 2 aromatic rings. The third-order valence-electron chi connectivity index (χ3n) is 3.52. The minimum absolute atomic E-state index is 0.642. The van der Waals surface area contributed by atoms with Crippen LogP contribution in [0, 0.1) is 6.92 Å². The van der Waals surface area contributed by atoms with Crippen LogP contribution in [0.15, 0.2) is 24.5 Å². The van der Waals surface area contributed by atoms with E-state index in [4.69, 9.17) is 0 Å². The molecule has 1 aliphatic carbocycles. The second-order valence-electron chi connectivity index (χ2n) is 4.88. The van der Waals surface area contributed by atoms with E-state index in [1.807, 2.05) is 0 Å². The van der Waals surface area contributed by atoms with Crippen LogP contribution >= 0.6 is 0 Å². The molecule has 0 unspecified atom stereocenters. The molecule has 18 heavy (non-hydrogen) atoms. The van der Waals surface area contributed by atoms with Crippen LogP contribution in [-0.4, -0.2) is 26.2 Å². The first-order valence-corrected chi connectivity index (χ1v) is 6.43. The second-order valence-corrected chi connectivity index (χ2v) is 4.88. The van der Waals surface area contributed by atoms with E-state index < -0.39 is 0 Å². The maximum absolute atomic E-state index is 3.92. The number of aromatic nitrogens is 4. The van der Waals surface area contributed by atoms with E-state index in [-0.39, 0.29) is 0 Å². The van der Waals surface area contributed by atoms with E-state index in [0.29, 0.717) is 6.04 Å². The van der Waals surface area contributed by atoms with E-state index in [9.17, 15) is 0 Å². The Morgan fingerprint density at radius 3 is 2.78 bits per heavy atom. The summed E-state index contributed by atoms with van der Waals surface area (Å²) in [5, 5.41) is 14.8. The normalized spacial score (nSPS) is 16.1. The van der Waals surface area contributed by atoms with Crippen LogP contribution in [-0.2, 0) is 0 Å². The van der Waals surface area contributed by atoms with E-state index in [1.54, 1.807) is 11.0 Å². The van der Waals surface area contributed by atoms with Gasteiger partial charge in [-0.2, -0.15) is 0 Å². The first-order valence-electron chi connectivity index (χ1n) is 6.43. The molecule has 5 nitrogen and oxygen atoms in total. The number of hydrogen-bond acceptors (Lipinski definition) is 4. The third-order valence-corrected chi connectivity index (χ3v) is 3.52. The molecule has 0 saturated heterocycles. The van der Waals surface area contributed by atoms with Gasteiger partial charge in [0.15, 0.2) is 0 Å². The fourth-order valence-electron chi connectivity index (χ4n) is 2.58. The van der Waals surface area contributed by atoms with Crippen LogP contribution in [0.3, 0.4) is 0 Å². The first kappa shape index (κ1) is 11.2. The van der Waals surface area contributed by atoms with Gasteiger partial charge >= 0.3 is 0 Å². The van der Waals surface area contributed by atoms with Gasteiger partial charge in [0.05, 0.1) is 5.69 Å². The van der Waals surface area contributed by atoms with Crippen molar-refractivity contribution >= 4 is 5.69 Å². The molecular weight excluding hydrogens is 226 g/mol. The number of anilines is 1. The molecule has 94 valence electrons. The average Bonchev–Trinajstić information content (AvgIpc) is 3.01. The van der Waals surface area contributed by atoms with Crippen LogP contribution in [0.4, 0.5) is 5.69 Å². The van der Waals surface area contributed by atoms with E-state index in [2.05, 4.69) is 46.0 Å². The molecule has 1 heterocycles. The van der Waals surface area contributed by atoms with Crippen molar-refractivity contribution in [1.82, 2.24) is 20.2 Å². The summed E-state index contributed by atoms with van der Waals surface area (Å²) in [5.74, 6) is 0. The molecule has 3 rings (SSSR count). The highest BCUT2D eigenvalue weighted by Crippen LogP contribution is 2.24. The molecule has 5 heteroatoms. The van der Waals surface area contributed by atoms with Crippen molar-refractivity contribution in [2.24, 2.45) is 0 Å². The van der Waals surface area contributed by atoms with Gasteiger partial charge in [-0.3, -0.25) is 0 Å². The number of rotatable bonds is 3. The zero-order valence-corrected chi connectivity index (χ0v) is 10.5. The molecule has 0 aliphatic heterocycles. The monoisotopic (exact) mass is 243 g/mol. The van der Waals surface area contributed by atoms with Crippen molar-refractivity contribution in [2.45, 2.75) is 38.6 Å². The van der Waals surface area contributed by atoms with Gasteiger partial charge in [0.1, 0.15) is 6.33 Å². The molecule has 1 aliphatic rings. The van der Waals surface area contributed by atoms with E-state index in [0.717, 1.165) is 5.69 Å². The summed E-state index contributed by atoms with van der Waals surface area (Å²) in [6.45, 7) is 2.08. The Balaban J connectivity index is 1.80. The molecular formula is C13H17N5. The smallest absolute Gasteiger partial charge is 0.143 e. The molecule has 0 amide bonds. The maximum Gasteiger partial charge on any atom is 0.143 e. The van der Waals surface area contributed by atoms with Gasteiger partial charge in [-0.1, -0.05) is 12.8 Å². The highest BCUT2D eigenvalue weighted by atomic mass is 15.5. The number of hydrogen-bond donors (Lipinski definition) is 1. The van der Waals surface area contributed by atoms with Crippen LogP contribution in [0.25, 0.3) is 5.69 Å². The maximum atomic E-state index is 3.92. The number of nitrogens with zero attached hydrogens (tertiary/aromatic N) is 4. The molecule has 0 bridgehead atoms. The lowest BCUT2D eigenvalue weighted by Crippen LogP contribution is -2.14. The fraction of sp³-hybridized carbons (Fsp3) is 0.462. The highest BCUT2D eigenvalue weighted by Gasteiger charge is 2.14. The summed E-state index contributed by atoms with van der Waals surface area (Å²) in [4.78, 5) is 0. The Morgan fingerprint density at radius 1 is 1.28 bits per heavy atom. The fourth-order valence-corrected chi connectivity index (χ4v) is 2.58. The first-order chi connectivity index (χ1) is 8.83. The van der Waals surface area contributed by atoms with Gasteiger partial charge in [-0.15, -0.1) is 5.10 Å². The predicted octanol–water partition coefficient (Wildman–Crippen LogP) is 2.33. The lowest BCUT2D eigenvalue weighted by atomic mass is 10.1. The van der Waals surface area contributed by atoms with Gasteiger partial charge in [0, 0.05) is 11.7 Å². The number of nitrogens with one attached hydrogen (secondary N) is 1. The minimum atomic E-state index is 0.642. The van der Waals surface area contributed by atoms with Gasteiger partial charge in [0.2, 0.25) is 0 Å². The molecule has 1 aromatic carbocycles. The highest BCUT2D eigenvalue weighted by molar-refractivity contribution is 5.53. The van der Waals surface area contributed by atoms with Crippen LogP contribution in [0.5, 0.6) is 0 Å². The van der Waals surface area contributed by atoms with Crippen LogP contribution in [0.2, 0.25) is 0 Å². The van der Waals surface area contributed by atoms with Crippen LogP contribution < -0.4 is 5.32 Å². The van der Waals surface area contributed by atoms with Crippen molar-refractivity contribution in [3.63, 3.8) is 0 Å². The number of tetrazole rings is 1. The zero-order chi connectivity index (χ0) is 12.4. The Kier molecular flexibility index (Phi) is 2.96. The predicted molar refractivity (Wildman–Crippen MR) is 69.8 cm³/mol. The quantitative estimate of drug-likeness (QED) is 0.899. The largest absolute Gasteiger partial charge is 0.382 e. The van der Waals surface area contributed by atoms with Crippen molar-refractivity contribution < 1.29 is 0 Å². The van der Waals surface area contributed by atoms with Crippen molar-refractivity contribution in [3.8, 4) is 5.69 Å².